The Bertz CT molecular complexity index is 616. The van der Waals surface area contributed by atoms with Gasteiger partial charge in [-0.25, -0.2) is 4.98 Å². The Morgan fingerprint density at radius 1 is 1.42 bits per heavy atom. The zero-order valence-corrected chi connectivity index (χ0v) is 11.4. The molecule has 0 spiro atoms. The normalized spacial score (nSPS) is 16.8. The smallest absolute Gasteiger partial charge is 0.224 e. The molecule has 0 aromatic carbocycles. The van der Waals surface area contributed by atoms with Crippen molar-refractivity contribution in [2.45, 2.75) is 25.0 Å². The predicted molar refractivity (Wildman–Crippen MR) is 73.0 cm³/mol. The highest BCUT2D eigenvalue weighted by molar-refractivity contribution is 5.84. The number of nitrogen functional groups attached to an aromatic ring is 1. The molecule has 102 valence electrons. The number of fused-ring (bicyclic) bond motifs is 1. The van der Waals surface area contributed by atoms with Crippen LogP contribution in [0, 0.1) is 0 Å². The van der Waals surface area contributed by atoms with Crippen LogP contribution in [0.3, 0.4) is 0 Å². The molecule has 0 radical (unpaired) electrons. The van der Waals surface area contributed by atoms with Gasteiger partial charge in [0.25, 0.3) is 0 Å². The van der Waals surface area contributed by atoms with Crippen LogP contribution in [0.15, 0.2) is 6.33 Å². The van der Waals surface area contributed by atoms with Crippen LogP contribution in [0.25, 0.3) is 11.2 Å². The number of aromatic nitrogens is 4. The fraction of sp³-hybridized carbons (Fsp3) is 0.583. The van der Waals surface area contributed by atoms with Gasteiger partial charge in [0.1, 0.15) is 0 Å². The Kier molecular flexibility index (Phi) is 2.60. The van der Waals surface area contributed by atoms with E-state index in [1.165, 1.54) is 0 Å². The lowest BCUT2D eigenvalue weighted by atomic mass is 10.3. The van der Waals surface area contributed by atoms with Gasteiger partial charge in [-0.05, 0) is 12.8 Å². The van der Waals surface area contributed by atoms with Crippen LogP contribution >= 0.6 is 0 Å². The topological polar surface area (TPSA) is 82.1 Å². The van der Waals surface area contributed by atoms with Crippen LogP contribution < -0.4 is 10.6 Å². The van der Waals surface area contributed by atoms with Crippen LogP contribution in [-0.4, -0.2) is 46.3 Å². The Morgan fingerprint density at radius 2 is 2.16 bits per heavy atom. The first kappa shape index (κ1) is 12.2. The van der Waals surface area contributed by atoms with E-state index in [1.807, 2.05) is 23.6 Å². The van der Waals surface area contributed by atoms with Crippen molar-refractivity contribution in [2.75, 3.05) is 31.8 Å². The van der Waals surface area contributed by atoms with E-state index in [2.05, 4.69) is 15.0 Å². The molecular weight excluding hydrogens is 244 g/mol. The number of ether oxygens (including phenoxy) is 1. The highest BCUT2D eigenvalue weighted by Gasteiger charge is 2.43. The molecule has 2 heterocycles. The Labute approximate surface area is 111 Å². The summed E-state index contributed by atoms with van der Waals surface area (Å²) in [4.78, 5) is 14.8. The summed E-state index contributed by atoms with van der Waals surface area (Å²) in [6.07, 6.45) is 3.93. The molecule has 2 aromatic heterocycles. The molecule has 1 aliphatic rings. The molecule has 0 atom stereocenters. The van der Waals surface area contributed by atoms with Crippen LogP contribution in [0.4, 0.5) is 11.8 Å². The molecule has 0 unspecified atom stereocenters. The summed E-state index contributed by atoms with van der Waals surface area (Å²) in [7, 11) is 5.58. The number of hydrogen-bond acceptors (Lipinski definition) is 6. The average Bonchev–Trinajstić information content (AvgIpc) is 3.05. The third kappa shape index (κ3) is 1.99. The van der Waals surface area contributed by atoms with Crippen molar-refractivity contribution in [3.63, 3.8) is 0 Å². The van der Waals surface area contributed by atoms with Crippen LogP contribution in [-0.2, 0) is 11.3 Å². The molecule has 2 aromatic rings. The van der Waals surface area contributed by atoms with Crippen molar-refractivity contribution >= 4 is 22.9 Å². The molecule has 0 bridgehead atoms. The molecule has 0 saturated heterocycles. The molecular formula is C12H18N6O. The molecule has 0 aliphatic heterocycles. The summed E-state index contributed by atoms with van der Waals surface area (Å²) in [6, 6.07) is 0. The minimum absolute atomic E-state index is 0.0500. The van der Waals surface area contributed by atoms with Crippen LogP contribution in [0.1, 0.15) is 12.8 Å². The molecule has 0 amide bonds. The monoisotopic (exact) mass is 262 g/mol. The lowest BCUT2D eigenvalue weighted by Crippen LogP contribution is -2.20. The van der Waals surface area contributed by atoms with Crippen molar-refractivity contribution in [1.29, 1.82) is 0 Å². The summed E-state index contributed by atoms with van der Waals surface area (Å²) in [6.45, 7) is 0.753. The number of rotatable bonds is 4. The minimum atomic E-state index is -0.0500. The highest BCUT2D eigenvalue weighted by atomic mass is 16.5. The first-order valence-corrected chi connectivity index (χ1v) is 6.25. The number of hydrogen-bond donors (Lipinski definition) is 1. The lowest BCUT2D eigenvalue weighted by Gasteiger charge is -2.15. The maximum Gasteiger partial charge on any atom is 0.224 e. The van der Waals surface area contributed by atoms with E-state index >= 15 is 0 Å². The fourth-order valence-electron chi connectivity index (χ4n) is 2.25. The Balaban J connectivity index is 2.07. The molecule has 2 N–H and O–H groups in total. The van der Waals surface area contributed by atoms with Crippen molar-refractivity contribution in [1.82, 2.24) is 19.5 Å². The second kappa shape index (κ2) is 4.06. The number of methoxy groups -OCH3 is 1. The molecule has 1 aliphatic carbocycles. The van der Waals surface area contributed by atoms with E-state index < -0.39 is 0 Å². The Morgan fingerprint density at radius 3 is 2.74 bits per heavy atom. The average molecular weight is 262 g/mol. The van der Waals surface area contributed by atoms with Crippen LogP contribution in [0.2, 0.25) is 0 Å². The number of imidazole rings is 1. The molecule has 7 heteroatoms. The third-order valence-corrected chi connectivity index (χ3v) is 3.59. The molecule has 7 nitrogen and oxygen atoms in total. The molecule has 19 heavy (non-hydrogen) atoms. The van der Waals surface area contributed by atoms with Gasteiger partial charge in [-0.2, -0.15) is 9.97 Å². The van der Waals surface area contributed by atoms with Gasteiger partial charge < -0.3 is 19.9 Å². The van der Waals surface area contributed by atoms with Gasteiger partial charge in [0.2, 0.25) is 5.95 Å². The molecule has 3 rings (SSSR count). The zero-order chi connectivity index (χ0) is 13.6. The van der Waals surface area contributed by atoms with Gasteiger partial charge in [-0.1, -0.05) is 0 Å². The van der Waals surface area contributed by atoms with Crippen molar-refractivity contribution < 1.29 is 4.74 Å². The molecule has 1 saturated carbocycles. The van der Waals surface area contributed by atoms with Gasteiger partial charge in [-0.15, -0.1) is 0 Å². The SMILES string of the molecule is COC1(Cn2cnc3c(N(C)C)nc(N)nc32)CC1. The number of anilines is 2. The van der Waals surface area contributed by atoms with Crippen molar-refractivity contribution in [3.05, 3.63) is 6.33 Å². The van der Waals surface area contributed by atoms with E-state index in [4.69, 9.17) is 10.5 Å². The van der Waals surface area contributed by atoms with Gasteiger partial charge >= 0.3 is 0 Å². The van der Waals surface area contributed by atoms with E-state index in [1.54, 1.807) is 13.4 Å². The summed E-state index contributed by atoms with van der Waals surface area (Å²) < 4.78 is 7.54. The molecule has 1 fully saturated rings. The lowest BCUT2D eigenvalue weighted by molar-refractivity contribution is 0.0659. The number of nitrogens with zero attached hydrogens (tertiary/aromatic N) is 5. The summed E-state index contributed by atoms with van der Waals surface area (Å²) >= 11 is 0. The maximum absolute atomic E-state index is 5.78. The van der Waals surface area contributed by atoms with Gasteiger partial charge in [-0.3, -0.25) is 0 Å². The van der Waals surface area contributed by atoms with Gasteiger partial charge in [0.15, 0.2) is 17.0 Å². The second-order valence-corrected chi connectivity index (χ2v) is 5.23. The number of nitrogens with two attached hydrogens (primary N) is 1. The summed E-state index contributed by atoms with van der Waals surface area (Å²) in [5, 5.41) is 0. The van der Waals surface area contributed by atoms with E-state index in [0.29, 0.717) is 0 Å². The van der Waals surface area contributed by atoms with Gasteiger partial charge in [0, 0.05) is 21.2 Å². The highest BCUT2D eigenvalue weighted by Crippen LogP contribution is 2.41. The quantitative estimate of drug-likeness (QED) is 0.871. The van der Waals surface area contributed by atoms with E-state index in [9.17, 15) is 0 Å². The van der Waals surface area contributed by atoms with Crippen molar-refractivity contribution in [2.24, 2.45) is 0 Å². The van der Waals surface area contributed by atoms with E-state index in [0.717, 1.165) is 36.4 Å². The third-order valence-electron chi connectivity index (χ3n) is 3.59. The Hall–Kier alpha value is -1.89. The standard InChI is InChI=1S/C12H18N6O/c1-17(2)9-8-10(16-11(13)15-9)18(7-14-8)6-12(19-3)4-5-12/h7H,4-6H2,1-3H3,(H2,13,15,16). The van der Waals surface area contributed by atoms with Crippen molar-refractivity contribution in [3.8, 4) is 0 Å². The first-order valence-electron chi connectivity index (χ1n) is 6.25. The first-order chi connectivity index (χ1) is 9.04. The fourth-order valence-corrected chi connectivity index (χ4v) is 2.25. The summed E-state index contributed by atoms with van der Waals surface area (Å²) in [5.74, 6) is 1.00. The largest absolute Gasteiger partial charge is 0.376 e. The zero-order valence-electron chi connectivity index (χ0n) is 11.4. The maximum atomic E-state index is 5.78. The van der Waals surface area contributed by atoms with Crippen LogP contribution in [0.5, 0.6) is 0 Å². The summed E-state index contributed by atoms with van der Waals surface area (Å²) in [5.41, 5.74) is 7.26. The predicted octanol–water partition coefficient (Wildman–Crippen LogP) is 0.653. The van der Waals surface area contributed by atoms with E-state index in [-0.39, 0.29) is 11.5 Å². The van der Waals surface area contributed by atoms with Gasteiger partial charge in [0.05, 0.1) is 18.5 Å². The minimum Gasteiger partial charge on any atom is -0.376 e. The second-order valence-electron chi connectivity index (χ2n) is 5.23.